The van der Waals surface area contributed by atoms with Gasteiger partial charge in [0.25, 0.3) is 5.91 Å². The summed E-state index contributed by atoms with van der Waals surface area (Å²) in [6.07, 6.45) is 4.06. The molecule has 1 aliphatic carbocycles. The molecule has 140 valence electrons. The molecular weight excluding hydrogens is 338 g/mol. The van der Waals surface area contributed by atoms with Gasteiger partial charge in [0, 0.05) is 16.8 Å². The molecule has 1 saturated carbocycles. The number of aliphatic hydroxyl groups is 2. The second-order valence-electron chi connectivity index (χ2n) is 7.18. The first kappa shape index (κ1) is 19.2. The molecule has 1 fully saturated rings. The normalized spacial score (nSPS) is 16.7. The topological polar surface area (TPSA) is 69.6 Å². The van der Waals surface area contributed by atoms with Crippen molar-refractivity contribution in [1.82, 2.24) is 0 Å². The van der Waals surface area contributed by atoms with Crippen molar-refractivity contribution in [3.05, 3.63) is 65.2 Å². The number of benzene rings is 2. The molecule has 0 radical (unpaired) electrons. The first-order valence-electron chi connectivity index (χ1n) is 9.40. The van der Waals surface area contributed by atoms with E-state index >= 15 is 0 Å². The second kappa shape index (κ2) is 8.39. The van der Waals surface area contributed by atoms with Crippen LogP contribution < -0.4 is 5.32 Å². The van der Waals surface area contributed by atoms with Crippen LogP contribution >= 0.6 is 0 Å². The van der Waals surface area contributed by atoms with Crippen molar-refractivity contribution in [3.8, 4) is 11.8 Å². The Hall–Kier alpha value is -2.61. The van der Waals surface area contributed by atoms with Crippen molar-refractivity contribution >= 4 is 11.6 Å². The van der Waals surface area contributed by atoms with Gasteiger partial charge >= 0.3 is 0 Å². The van der Waals surface area contributed by atoms with E-state index in [1.54, 1.807) is 49.4 Å². The summed E-state index contributed by atoms with van der Waals surface area (Å²) < 4.78 is 0. The first-order valence-corrected chi connectivity index (χ1v) is 9.40. The van der Waals surface area contributed by atoms with Gasteiger partial charge in [0.15, 0.2) is 0 Å². The molecule has 2 aromatic rings. The summed E-state index contributed by atoms with van der Waals surface area (Å²) in [7, 11) is 0. The Labute approximate surface area is 160 Å². The minimum atomic E-state index is -0.872. The molecule has 0 heterocycles. The van der Waals surface area contributed by atoms with E-state index in [1.165, 1.54) is 0 Å². The molecule has 0 bridgehead atoms. The molecule has 3 rings (SSSR count). The summed E-state index contributed by atoms with van der Waals surface area (Å²) in [4.78, 5) is 12.4. The zero-order valence-corrected chi connectivity index (χ0v) is 15.5. The Balaban J connectivity index is 1.66. The molecular formula is C23H25NO3. The van der Waals surface area contributed by atoms with Crippen molar-refractivity contribution in [3.63, 3.8) is 0 Å². The minimum Gasteiger partial charge on any atom is -0.389 e. The van der Waals surface area contributed by atoms with Crippen molar-refractivity contribution in [2.24, 2.45) is 0 Å². The van der Waals surface area contributed by atoms with Crippen LogP contribution in [0.25, 0.3) is 0 Å². The fourth-order valence-electron chi connectivity index (χ4n) is 3.23. The van der Waals surface area contributed by atoms with Gasteiger partial charge in [-0.2, -0.15) is 0 Å². The summed E-state index contributed by atoms with van der Waals surface area (Å²) in [5.41, 5.74) is 1.82. The Morgan fingerprint density at radius 2 is 1.81 bits per heavy atom. The van der Waals surface area contributed by atoms with Gasteiger partial charge in [-0.25, -0.2) is 0 Å². The van der Waals surface area contributed by atoms with Gasteiger partial charge in [-0.15, -0.1) is 0 Å². The van der Waals surface area contributed by atoms with E-state index in [0.717, 1.165) is 43.2 Å². The summed E-state index contributed by atoms with van der Waals surface area (Å²) in [6, 6.07) is 14.2. The summed E-state index contributed by atoms with van der Waals surface area (Å²) in [5, 5.41) is 22.9. The van der Waals surface area contributed by atoms with Gasteiger partial charge in [-0.05, 0) is 74.6 Å². The first-order chi connectivity index (χ1) is 13.0. The summed E-state index contributed by atoms with van der Waals surface area (Å²) in [6.45, 7) is 1.69. The molecule has 0 saturated heterocycles. The lowest BCUT2D eigenvalue weighted by atomic mass is 9.85. The standard InChI is InChI=1S/C23H25NO3/c1-17(25)20-6-5-7-21(16-20)24-22(26)19-10-8-18(9-11-19)12-15-23(27)13-3-2-4-14-23/h5-11,16-17,25,27H,2-4,13-14H2,1H3,(H,24,26). The highest BCUT2D eigenvalue weighted by molar-refractivity contribution is 6.04. The maximum Gasteiger partial charge on any atom is 0.255 e. The van der Waals surface area contributed by atoms with Crippen LogP contribution in [0, 0.1) is 11.8 Å². The van der Waals surface area contributed by atoms with Gasteiger partial charge in [0.2, 0.25) is 0 Å². The molecule has 27 heavy (non-hydrogen) atoms. The number of hydrogen-bond donors (Lipinski definition) is 3. The van der Waals surface area contributed by atoms with Crippen LogP contribution in [0.1, 0.15) is 66.6 Å². The Morgan fingerprint density at radius 1 is 1.11 bits per heavy atom. The molecule has 1 unspecified atom stereocenters. The summed E-state index contributed by atoms with van der Waals surface area (Å²) >= 11 is 0. The average molecular weight is 363 g/mol. The minimum absolute atomic E-state index is 0.219. The molecule has 1 amide bonds. The maximum atomic E-state index is 12.4. The zero-order valence-electron chi connectivity index (χ0n) is 15.5. The van der Waals surface area contributed by atoms with E-state index in [4.69, 9.17) is 0 Å². The smallest absolute Gasteiger partial charge is 0.255 e. The van der Waals surface area contributed by atoms with Crippen LogP contribution in [-0.2, 0) is 0 Å². The number of carbonyl (C=O) groups is 1. The van der Waals surface area contributed by atoms with E-state index in [1.807, 2.05) is 6.07 Å². The SMILES string of the molecule is CC(O)c1cccc(NC(=O)c2ccc(C#CC3(O)CCCCC3)cc2)c1. The van der Waals surface area contributed by atoms with E-state index in [-0.39, 0.29) is 5.91 Å². The highest BCUT2D eigenvalue weighted by Gasteiger charge is 2.26. The lowest BCUT2D eigenvalue weighted by Gasteiger charge is -2.26. The van der Waals surface area contributed by atoms with Crippen molar-refractivity contribution in [2.75, 3.05) is 5.32 Å². The number of amides is 1. The number of aliphatic hydroxyl groups excluding tert-OH is 1. The Bertz CT molecular complexity index is 853. The predicted molar refractivity (Wildman–Crippen MR) is 106 cm³/mol. The number of hydrogen-bond acceptors (Lipinski definition) is 3. The molecule has 3 N–H and O–H groups in total. The lowest BCUT2D eigenvalue weighted by Crippen LogP contribution is -2.29. The highest BCUT2D eigenvalue weighted by atomic mass is 16.3. The fraction of sp³-hybridized carbons (Fsp3) is 0.348. The monoisotopic (exact) mass is 363 g/mol. The number of anilines is 1. The van der Waals surface area contributed by atoms with E-state index < -0.39 is 11.7 Å². The molecule has 2 aromatic carbocycles. The van der Waals surface area contributed by atoms with Gasteiger partial charge in [-0.3, -0.25) is 4.79 Å². The third-order valence-corrected chi connectivity index (χ3v) is 4.89. The van der Waals surface area contributed by atoms with E-state index in [2.05, 4.69) is 17.2 Å². The van der Waals surface area contributed by atoms with Gasteiger partial charge in [-0.1, -0.05) is 30.4 Å². The second-order valence-corrected chi connectivity index (χ2v) is 7.18. The quantitative estimate of drug-likeness (QED) is 0.721. The van der Waals surface area contributed by atoms with E-state index in [9.17, 15) is 15.0 Å². The fourth-order valence-corrected chi connectivity index (χ4v) is 3.23. The van der Waals surface area contributed by atoms with Crippen molar-refractivity contribution in [2.45, 2.75) is 50.7 Å². The lowest BCUT2D eigenvalue weighted by molar-refractivity contribution is 0.0610. The third-order valence-electron chi connectivity index (χ3n) is 4.89. The van der Waals surface area contributed by atoms with Gasteiger partial charge in [0.05, 0.1) is 6.10 Å². The van der Waals surface area contributed by atoms with Gasteiger partial charge in [0.1, 0.15) is 5.60 Å². The molecule has 4 heteroatoms. The number of rotatable bonds is 3. The molecule has 0 spiro atoms. The van der Waals surface area contributed by atoms with Gasteiger partial charge < -0.3 is 15.5 Å². The van der Waals surface area contributed by atoms with Crippen molar-refractivity contribution < 1.29 is 15.0 Å². The van der Waals surface area contributed by atoms with Crippen LogP contribution in [-0.4, -0.2) is 21.7 Å². The van der Waals surface area contributed by atoms with Crippen LogP contribution in [0.3, 0.4) is 0 Å². The van der Waals surface area contributed by atoms with Crippen LogP contribution in [0.4, 0.5) is 5.69 Å². The largest absolute Gasteiger partial charge is 0.389 e. The molecule has 1 aliphatic rings. The molecule has 0 aromatic heterocycles. The maximum absolute atomic E-state index is 12.4. The third kappa shape index (κ3) is 5.19. The predicted octanol–water partition coefficient (Wildman–Crippen LogP) is 4.04. The van der Waals surface area contributed by atoms with Crippen LogP contribution in [0.15, 0.2) is 48.5 Å². The molecule has 1 atom stereocenters. The molecule has 0 aliphatic heterocycles. The average Bonchev–Trinajstić information content (AvgIpc) is 2.67. The molecule has 4 nitrogen and oxygen atoms in total. The van der Waals surface area contributed by atoms with E-state index in [0.29, 0.717) is 11.3 Å². The summed E-state index contributed by atoms with van der Waals surface area (Å²) in [5.74, 6) is 5.81. The number of nitrogens with one attached hydrogen (secondary N) is 1. The van der Waals surface area contributed by atoms with Crippen LogP contribution in [0.2, 0.25) is 0 Å². The Morgan fingerprint density at radius 3 is 2.48 bits per heavy atom. The Kier molecular flexibility index (Phi) is 5.95. The number of carbonyl (C=O) groups excluding carboxylic acids is 1. The zero-order chi connectivity index (χ0) is 19.3. The van der Waals surface area contributed by atoms with Crippen LogP contribution in [0.5, 0.6) is 0 Å². The highest BCUT2D eigenvalue weighted by Crippen LogP contribution is 2.27. The van der Waals surface area contributed by atoms with Crippen molar-refractivity contribution in [1.29, 1.82) is 0 Å².